The molecule has 1 unspecified atom stereocenters. The van der Waals surface area contributed by atoms with E-state index in [0.29, 0.717) is 30.4 Å². The summed E-state index contributed by atoms with van der Waals surface area (Å²) in [6.07, 6.45) is 2.41. The number of aromatic nitrogens is 2. The molecule has 2 aromatic heterocycles. The highest BCUT2D eigenvalue weighted by Gasteiger charge is 2.40. The fourth-order valence-corrected chi connectivity index (χ4v) is 4.89. The van der Waals surface area contributed by atoms with Crippen LogP contribution in [-0.2, 0) is 10.0 Å². The molecule has 1 atom stereocenters. The Kier molecular flexibility index (Phi) is 6.65. The fourth-order valence-electron chi connectivity index (χ4n) is 3.96. The van der Waals surface area contributed by atoms with E-state index in [4.69, 9.17) is 4.74 Å². The SMILES string of the molecule is CC1CCN(c2ncccc2C(=O)NS(=O)(=O)c2cccc(Oc3c(F)cc(F)cc3F)n2)C1(C)C. The van der Waals surface area contributed by atoms with Crippen molar-refractivity contribution in [3.8, 4) is 11.6 Å². The molecule has 1 aromatic carbocycles. The number of nitrogens with zero attached hydrogens (tertiary/aromatic N) is 3. The molecular formula is C24H23F3N4O4S. The number of hydrogen-bond acceptors (Lipinski definition) is 7. The van der Waals surface area contributed by atoms with Crippen LogP contribution in [0, 0.1) is 23.4 Å². The number of carbonyl (C=O) groups excluding carboxylic acids is 1. The van der Waals surface area contributed by atoms with Crippen molar-refractivity contribution in [2.75, 3.05) is 11.4 Å². The van der Waals surface area contributed by atoms with Gasteiger partial charge in [0.1, 0.15) is 11.6 Å². The molecule has 1 N–H and O–H groups in total. The van der Waals surface area contributed by atoms with E-state index in [-0.39, 0.29) is 11.1 Å². The van der Waals surface area contributed by atoms with Crippen LogP contribution < -0.4 is 14.4 Å². The number of nitrogens with one attached hydrogen (secondary N) is 1. The number of carbonyl (C=O) groups is 1. The van der Waals surface area contributed by atoms with E-state index in [9.17, 15) is 26.4 Å². The van der Waals surface area contributed by atoms with Crippen molar-refractivity contribution in [1.29, 1.82) is 0 Å². The van der Waals surface area contributed by atoms with Gasteiger partial charge in [-0.3, -0.25) is 4.79 Å². The molecule has 190 valence electrons. The number of hydrogen-bond donors (Lipinski definition) is 1. The van der Waals surface area contributed by atoms with Crippen molar-refractivity contribution in [2.24, 2.45) is 5.92 Å². The summed E-state index contributed by atoms with van der Waals surface area (Å²) in [5.74, 6) is -5.50. The highest BCUT2D eigenvalue weighted by atomic mass is 32.2. The smallest absolute Gasteiger partial charge is 0.281 e. The number of halogens is 3. The van der Waals surface area contributed by atoms with Gasteiger partial charge in [0.25, 0.3) is 15.9 Å². The Balaban J connectivity index is 1.59. The maximum atomic E-state index is 13.9. The molecule has 0 spiro atoms. The molecule has 1 amide bonds. The lowest BCUT2D eigenvalue weighted by Crippen LogP contribution is -2.43. The lowest BCUT2D eigenvalue weighted by molar-refractivity contribution is 0.0981. The third-order valence-corrected chi connectivity index (χ3v) is 7.58. The number of benzene rings is 1. The number of ether oxygens (including phenoxy) is 1. The maximum absolute atomic E-state index is 13.9. The molecule has 0 bridgehead atoms. The molecule has 1 saturated heterocycles. The van der Waals surface area contributed by atoms with Crippen molar-refractivity contribution in [3.63, 3.8) is 0 Å². The van der Waals surface area contributed by atoms with Gasteiger partial charge in [-0.2, -0.15) is 13.4 Å². The van der Waals surface area contributed by atoms with E-state index < -0.39 is 50.0 Å². The van der Waals surface area contributed by atoms with E-state index in [2.05, 4.69) is 16.9 Å². The van der Waals surface area contributed by atoms with Crippen LogP contribution in [0.3, 0.4) is 0 Å². The molecule has 36 heavy (non-hydrogen) atoms. The molecule has 1 fully saturated rings. The minimum atomic E-state index is -4.51. The van der Waals surface area contributed by atoms with E-state index in [1.165, 1.54) is 24.4 Å². The van der Waals surface area contributed by atoms with Gasteiger partial charge >= 0.3 is 0 Å². The first kappa shape index (κ1) is 25.4. The zero-order chi connectivity index (χ0) is 26.3. The standard InChI is InChI=1S/C24H23F3N4O4S/c1-14-9-11-31(24(14,2)3)22-16(6-5-10-28-22)23(32)30-36(33,34)20-8-4-7-19(29-20)35-21-17(26)12-15(25)13-18(21)27/h4-8,10,12-14H,9,11H2,1-3H3,(H,30,32). The Morgan fingerprint density at radius 1 is 1.14 bits per heavy atom. The summed E-state index contributed by atoms with van der Waals surface area (Å²) in [5, 5.41) is -0.628. The van der Waals surface area contributed by atoms with Crippen LogP contribution in [0.2, 0.25) is 0 Å². The lowest BCUT2D eigenvalue weighted by Gasteiger charge is -2.36. The Morgan fingerprint density at radius 2 is 1.83 bits per heavy atom. The second kappa shape index (κ2) is 9.41. The van der Waals surface area contributed by atoms with E-state index in [0.717, 1.165) is 18.6 Å². The van der Waals surface area contributed by atoms with Gasteiger partial charge in [-0.25, -0.2) is 22.9 Å². The topological polar surface area (TPSA) is 101 Å². The van der Waals surface area contributed by atoms with Crippen LogP contribution in [0.4, 0.5) is 19.0 Å². The van der Waals surface area contributed by atoms with Gasteiger partial charge in [0.05, 0.1) is 5.56 Å². The van der Waals surface area contributed by atoms with Crippen molar-refractivity contribution in [2.45, 2.75) is 37.8 Å². The van der Waals surface area contributed by atoms with Gasteiger partial charge in [0.2, 0.25) is 11.6 Å². The third-order valence-electron chi connectivity index (χ3n) is 6.34. The zero-order valence-corrected chi connectivity index (χ0v) is 20.4. The second-order valence-electron chi connectivity index (χ2n) is 8.92. The van der Waals surface area contributed by atoms with Gasteiger partial charge in [0.15, 0.2) is 16.7 Å². The Hall–Kier alpha value is -3.67. The van der Waals surface area contributed by atoms with Crippen LogP contribution in [0.1, 0.15) is 37.6 Å². The Bertz CT molecular complexity index is 1410. The predicted octanol–water partition coefficient (Wildman–Crippen LogP) is 4.43. The van der Waals surface area contributed by atoms with Crippen LogP contribution in [0.25, 0.3) is 0 Å². The molecular weight excluding hydrogens is 497 g/mol. The largest absolute Gasteiger partial charge is 0.433 e. The van der Waals surface area contributed by atoms with Crippen LogP contribution in [-0.4, -0.2) is 36.4 Å². The number of rotatable bonds is 6. The quantitative estimate of drug-likeness (QED) is 0.513. The summed E-state index contributed by atoms with van der Waals surface area (Å²) in [4.78, 5) is 23.1. The molecule has 0 aliphatic carbocycles. The molecule has 3 heterocycles. The van der Waals surface area contributed by atoms with E-state index in [1.807, 2.05) is 23.5 Å². The van der Waals surface area contributed by atoms with E-state index >= 15 is 0 Å². The normalized spacial score (nSPS) is 17.2. The maximum Gasteiger partial charge on any atom is 0.281 e. The fraction of sp³-hybridized carbons (Fsp3) is 0.292. The van der Waals surface area contributed by atoms with Gasteiger partial charge in [-0.1, -0.05) is 13.0 Å². The summed E-state index contributed by atoms with van der Waals surface area (Å²) in [6, 6.07) is 7.26. The summed E-state index contributed by atoms with van der Waals surface area (Å²) in [6.45, 7) is 6.80. The summed E-state index contributed by atoms with van der Waals surface area (Å²) in [7, 11) is -4.51. The molecule has 0 radical (unpaired) electrons. The first-order valence-electron chi connectivity index (χ1n) is 11.0. The monoisotopic (exact) mass is 520 g/mol. The van der Waals surface area contributed by atoms with Crippen molar-refractivity contribution in [1.82, 2.24) is 14.7 Å². The zero-order valence-electron chi connectivity index (χ0n) is 19.6. The summed E-state index contributed by atoms with van der Waals surface area (Å²) in [5.41, 5.74) is -0.244. The molecule has 12 heteroatoms. The first-order chi connectivity index (χ1) is 16.9. The highest BCUT2D eigenvalue weighted by molar-refractivity contribution is 7.90. The molecule has 1 aliphatic heterocycles. The number of amides is 1. The minimum Gasteiger partial charge on any atom is -0.433 e. The average molecular weight is 521 g/mol. The van der Waals surface area contributed by atoms with Crippen LogP contribution in [0.5, 0.6) is 11.6 Å². The molecule has 0 saturated carbocycles. The van der Waals surface area contributed by atoms with Crippen molar-refractivity contribution in [3.05, 3.63) is 71.7 Å². The van der Waals surface area contributed by atoms with Crippen LogP contribution >= 0.6 is 0 Å². The minimum absolute atomic E-state index is 0.0612. The summed E-state index contributed by atoms with van der Waals surface area (Å²) < 4.78 is 73.8. The number of sulfonamides is 1. The number of pyridine rings is 2. The molecule has 1 aliphatic rings. The highest BCUT2D eigenvalue weighted by Crippen LogP contribution is 2.38. The Morgan fingerprint density at radius 3 is 2.47 bits per heavy atom. The molecule has 8 nitrogen and oxygen atoms in total. The predicted molar refractivity (Wildman–Crippen MR) is 125 cm³/mol. The van der Waals surface area contributed by atoms with Gasteiger partial charge in [-0.15, -0.1) is 0 Å². The average Bonchev–Trinajstić information content (AvgIpc) is 3.08. The van der Waals surface area contributed by atoms with E-state index in [1.54, 1.807) is 0 Å². The second-order valence-corrected chi connectivity index (χ2v) is 10.5. The molecule has 3 aromatic rings. The van der Waals surface area contributed by atoms with Gasteiger partial charge < -0.3 is 9.64 Å². The van der Waals surface area contributed by atoms with Crippen molar-refractivity contribution < 1.29 is 31.1 Å². The summed E-state index contributed by atoms with van der Waals surface area (Å²) >= 11 is 0. The van der Waals surface area contributed by atoms with Crippen molar-refractivity contribution >= 4 is 21.7 Å². The van der Waals surface area contributed by atoms with Gasteiger partial charge in [-0.05, 0) is 44.4 Å². The third kappa shape index (κ3) is 4.85. The number of anilines is 1. The lowest BCUT2D eigenvalue weighted by atomic mass is 9.90. The van der Waals surface area contributed by atoms with Gasteiger partial charge in [0, 0.05) is 36.5 Å². The van der Waals surface area contributed by atoms with Crippen LogP contribution in [0.15, 0.2) is 53.7 Å². The Labute approximate surface area is 206 Å². The molecule has 4 rings (SSSR count). The first-order valence-corrected chi connectivity index (χ1v) is 12.5.